The molecule has 2 aromatic carbocycles. The van der Waals surface area contributed by atoms with E-state index in [0.29, 0.717) is 17.2 Å². The van der Waals surface area contributed by atoms with E-state index in [1.807, 2.05) is 12.1 Å². The first kappa shape index (κ1) is 16.6. The first-order valence-corrected chi connectivity index (χ1v) is 7.40. The topological polar surface area (TPSA) is 64.4 Å². The summed E-state index contributed by atoms with van der Waals surface area (Å²) >= 11 is 0. The minimum Gasteiger partial charge on any atom is -0.497 e. The van der Waals surface area contributed by atoms with Gasteiger partial charge in [0, 0.05) is 23.4 Å². The fourth-order valence-electron chi connectivity index (χ4n) is 2.25. The van der Waals surface area contributed by atoms with Gasteiger partial charge in [-0.2, -0.15) is 0 Å². The van der Waals surface area contributed by atoms with Crippen LogP contribution in [0.2, 0.25) is 0 Å². The fourth-order valence-corrected chi connectivity index (χ4v) is 2.25. The Hall–Kier alpha value is -3.22. The van der Waals surface area contributed by atoms with Gasteiger partial charge in [0.25, 0.3) is 0 Å². The summed E-state index contributed by atoms with van der Waals surface area (Å²) in [5.41, 5.74) is 1.34. The molecule has 3 aromatic rings. The van der Waals surface area contributed by atoms with Crippen molar-refractivity contribution in [2.75, 3.05) is 12.4 Å². The van der Waals surface area contributed by atoms with E-state index in [1.165, 1.54) is 6.07 Å². The SMILES string of the molecule is COc1cccc(-c2cc(CC(=O)Nc3ccc(F)c(F)c3)no2)c1. The molecule has 0 saturated carbocycles. The molecule has 5 nitrogen and oxygen atoms in total. The molecule has 7 heteroatoms. The van der Waals surface area contributed by atoms with Crippen LogP contribution in [0.5, 0.6) is 5.75 Å². The molecule has 1 heterocycles. The summed E-state index contributed by atoms with van der Waals surface area (Å²) in [6.07, 6.45) is -0.0630. The molecule has 1 amide bonds. The second-order valence-corrected chi connectivity index (χ2v) is 5.27. The van der Waals surface area contributed by atoms with E-state index in [2.05, 4.69) is 10.5 Å². The van der Waals surface area contributed by atoms with Crippen LogP contribution in [0, 0.1) is 11.6 Å². The van der Waals surface area contributed by atoms with Crippen molar-refractivity contribution >= 4 is 11.6 Å². The fraction of sp³-hybridized carbons (Fsp3) is 0.111. The van der Waals surface area contributed by atoms with Gasteiger partial charge in [-0.3, -0.25) is 4.79 Å². The Morgan fingerprint density at radius 3 is 2.76 bits per heavy atom. The minimum absolute atomic E-state index is 0.0630. The van der Waals surface area contributed by atoms with Crippen LogP contribution in [0.15, 0.2) is 53.1 Å². The van der Waals surface area contributed by atoms with Gasteiger partial charge in [-0.1, -0.05) is 17.3 Å². The number of hydrogen-bond acceptors (Lipinski definition) is 4. The van der Waals surface area contributed by atoms with Crippen molar-refractivity contribution in [1.29, 1.82) is 0 Å². The number of hydrogen-bond donors (Lipinski definition) is 1. The van der Waals surface area contributed by atoms with Gasteiger partial charge < -0.3 is 14.6 Å². The monoisotopic (exact) mass is 344 g/mol. The number of halogens is 2. The van der Waals surface area contributed by atoms with Crippen LogP contribution in [0.25, 0.3) is 11.3 Å². The van der Waals surface area contributed by atoms with E-state index in [9.17, 15) is 13.6 Å². The van der Waals surface area contributed by atoms with Crippen LogP contribution >= 0.6 is 0 Å². The van der Waals surface area contributed by atoms with Crippen LogP contribution in [0.1, 0.15) is 5.69 Å². The Morgan fingerprint density at radius 1 is 1.16 bits per heavy atom. The highest BCUT2D eigenvalue weighted by atomic mass is 19.2. The zero-order valence-corrected chi connectivity index (χ0v) is 13.3. The highest BCUT2D eigenvalue weighted by molar-refractivity contribution is 5.92. The Labute approximate surface area is 142 Å². The molecule has 0 aliphatic rings. The van der Waals surface area contributed by atoms with Crippen molar-refractivity contribution in [3.05, 3.63) is 65.9 Å². The van der Waals surface area contributed by atoms with Crippen molar-refractivity contribution in [3.8, 4) is 17.1 Å². The maximum Gasteiger partial charge on any atom is 0.230 e. The molecule has 1 N–H and O–H groups in total. The summed E-state index contributed by atoms with van der Waals surface area (Å²) in [5, 5.41) is 6.33. The number of aromatic nitrogens is 1. The largest absolute Gasteiger partial charge is 0.497 e. The molecule has 0 bridgehead atoms. The molecule has 0 aliphatic carbocycles. The summed E-state index contributed by atoms with van der Waals surface area (Å²) in [6, 6.07) is 12.0. The van der Waals surface area contributed by atoms with Gasteiger partial charge in [0.15, 0.2) is 17.4 Å². The highest BCUT2D eigenvalue weighted by Crippen LogP contribution is 2.24. The molecule has 0 radical (unpaired) electrons. The maximum absolute atomic E-state index is 13.1. The molecule has 0 saturated heterocycles. The normalized spacial score (nSPS) is 10.5. The molecule has 3 rings (SSSR count). The van der Waals surface area contributed by atoms with E-state index in [4.69, 9.17) is 9.26 Å². The molecule has 25 heavy (non-hydrogen) atoms. The van der Waals surface area contributed by atoms with Crippen LogP contribution in [-0.4, -0.2) is 18.2 Å². The summed E-state index contributed by atoms with van der Waals surface area (Å²) in [5.74, 6) is -1.26. The molecule has 0 fully saturated rings. The molecule has 0 unspecified atom stereocenters. The first-order valence-electron chi connectivity index (χ1n) is 7.40. The predicted molar refractivity (Wildman–Crippen MR) is 87.2 cm³/mol. The van der Waals surface area contributed by atoms with E-state index >= 15 is 0 Å². The highest BCUT2D eigenvalue weighted by Gasteiger charge is 2.12. The van der Waals surface area contributed by atoms with Crippen molar-refractivity contribution in [2.24, 2.45) is 0 Å². The van der Waals surface area contributed by atoms with E-state index in [0.717, 1.165) is 17.7 Å². The number of nitrogens with zero attached hydrogens (tertiary/aromatic N) is 1. The van der Waals surface area contributed by atoms with Gasteiger partial charge in [0.05, 0.1) is 19.2 Å². The molecule has 128 valence electrons. The molecular weight excluding hydrogens is 330 g/mol. The average molecular weight is 344 g/mol. The molecule has 0 spiro atoms. The van der Waals surface area contributed by atoms with Gasteiger partial charge in [-0.25, -0.2) is 8.78 Å². The van der Waals surface area contributed by atoms with Gasteiger partial charge >= 0.3 is 0 Å². The third-order valence-electron chi connectivity index (χ3n) is 3.46. The number of methoxy groups -OCH3 is 1. The summed E-state index contributed by atoms with van der Waals surface area (Å²) in [4.78, 5) is 12.0. The molecule has 1 aromatic heterocycles. The standard InChI is InChI=1S/C18H14F2N2O3/c1-24-14-4-2-3-11(7-14)17-9-13(22-25-17)10-18(23)21-12-5-6-15(19)16(20)8-12/h2-9H,10H2,1H3,(H,21,23). The minimum atomic E-state index is -1.03. The molecular formula is C18H14F2N2O3. The zero-order chi connectivity index (χ0) is 17.8. The van der Waals surface area contributed by atoms with Gasteiger partial charge in [-0.15, -0.1) is 0 Å². The van der Waals surface area contributed by atoms with Crippen molar-refractivity contribution in [3.63, 3.8) is 0 Å². The summed E-state index contributed by atoms with van der Waals surface area (Å²) < 4.78 is 36.4. The number of carbonyl (C=O) groups is 1. The van der Waals surface area contributed by atoms with E-state index in [1.54, 1.807) is 25.3 Å². The third-order valence-corrected chi connectivity index (χ3v) is 3.46. The average Bonchev–Trinajstić information content (AvgIpc) is 3.06. The lowest BCUT2D eigenvalue weighted by Gasteiger charge is -2.04. The number of benzene rings is 2. The summed E-state index contributed by atoms with van der Waals surface area (Å²) in [6.45, 7) is 0. The van der Waals surface area contributed by atoms with Crippen LogP contribution in [0.4, 0.5) is 14.5 Å². The number of amides is 1. The van der Waals surface area contributed by atoms with Crippen LogP contribution < -0.4 is 10.1 Å². The lowest BCUT2D eigenvalue weighted by Crippen LogP contribution is -2.14. The van der Waals surface area contributed by atoms with Gasteiger partial charge in [0.1, 0.15) is 5.75 Å². The Morgan fingerprint density at radius 2 is 2.00 bits per heavy atom. The van der Waals surface area contributed by atoms with Gasteiger partial charge in [0.2, 0.25) is 5.91 Å². The number of carbonyl (C=O) groups excluding carboxylic acids is 1. The molecule has 0 atom stereocenters. The van der Waals surface area contributed by atoms with Crippen molar-refractivity contribution < 1.29 is 22.8 Å². The number of ether oxygens (including phenoxy) is 1. The lowest BCUT2D eigenvalue weighted by molar-refractivity contribution is -0.115. The quantitative estimate of drug-likeness (QED) is 0.764. The zero-order valence-electron chi connectivity index (χ0n) is 13.3. The van der Waals surface area contributed by atoms with Crippen molar-refractivity contribution in [1.82, 2.24) is 5.16 Å². The third kappa shape index (κ3) is 4.00. The van der Waals surface area contributed by atoms with E-state index < -0.39 is 17.5 Å². The number of rotatable bonds is 5. The first-order chi connectivity index (χ1) is 12.0. The maximum atomic E-state index is 13.1. The van der Waals surface area contributed by atoms with Crippen LogP contribution in [0.3, 0.4) is 0 Å². The van der Waals surface area contributed by atoms with Gasteiger partial charge in [-0.05, 0) is 24.3 Å². The Kier molecular flexibility index (Phi) is 4.74. The second-order valence-electron chi connectivity index (χ2n) is 5.27. The predicted octanol–water partition coefficient (Wildman–Crippen LogP) is 3.81. The summed E-state index contributed by atoms with van der Waals surface area (Å²) in [7, 11) is 1.56. The number of anilines is 1. The smallest absolute Gasteiger partial charge is 0.230 e. The second kappa shape index (κ2) is 7.12. The Bertz CT molecular complexity index is 909. The number of nitrogens with one attached hydrogen (secondary N) is 1. The van der Waals surface area contributed by atoms with Crippen molar-refractivity contribution in [2.45, 2.75) is 6.42 Å². The van der Waals surface area contributed by atoms with Crippen LogP contribution in [-0.2, 0) is 11.2 Å². The lowest BCUT2D eigenvalue weighted by atomic mass is 10.1. The molecule has 0 aliphatic heterocycles. The van der Waals surface area contributed by atoms with E-state index in [-0.39, 0.29) is 12.1 Å². The Balaban J connectivity index is 1.68.